The van der Waals surface area contributed by atoms with Crippen LogP contribution in [0.2, 0.25) is 0 Å². The number of aromatic nitrogens is 3. The van der Waals surface area contributed by atoms with Gasteiger partial charge in [-0.3, -0.25) is 14.8 Å². The predicted molar refractivity (Wildman–Crippen MR) is 149 cm³/mol. The number of hydrogen-bond donors (Lipinski definition) is 2. The highest BCUT2D eigenvalue weighted by atomic mass is 79.9. The van der Waals surface area contributed by atoms with Crippen molar-refractivity contribution in [2.24, 2.45) is 11.0 Å². The van der Waals surface area contributed by atoms with Crippen molar-refractivity contribution in [2.45, 2.75) is 38.6 Å². The molecule has 2 N–H and O–H groups in total. The van der Waals surface area contributed by atoms with Gasteiger partial charge < -0.3 is 19.6 Å². The molecule has 6 rings (SSSR count). The average molecular weight is 593 g/mol. The monoisotopic (exact) mass is 592 g/mol. The quantitative estimate of drug-likeness (QED) is 0.349. The Balaban J connectivity index is 1.33. The zero-order valence-corrected chi connectivity index (χ0v) is 22.9. The maximum absolute atomic E-state index is 13.7. The molecule has 4 heterocycles. The molecule has 4 atom stereocenters. The Labute approximate surface area is 231 Å². The molecule has 0 spiro atoms. The maximum atomic E-state index is 13.7. The Hall–Kier alpha value is -3.83. The number of nitrogens with one attached hydrogen (secondary N) is 2. The molecule has 1 fully saturated rings. The minimum atomic E-state index is -0.616. The molecule has 0 saturated carbocycles. The number of hydrazone groups is 1. The zero-order chi connectivity index (χ0) is 27.3. The first-order valence-electron chi connectivity index (χ1n) is 12.7. The minimum absolute atomic E-state index is 0.100. The lowest BCUT2D eigenvalue weighted by atomic mass is 9.91. The van der Waals surface area contributed by atoms with Crippen molar-refractivity contribution in [2.75, 3.05) is 11.6 Å². The fraction of sp³-hybridized carbons (Fsp3) is 0.286. The molecule has 2 aromatic carbocycles. The van der Waals surface area contributed by atoms with Crippen molar-refractivity contribution in [3.63, 3.8) is 0 Å². The number of H-pyrrole nitrogens is 2. The van der Waals surface area contributed by atoms with E-state index in [4.69, 9.17) is 9.84 Å². The van der Waals surface area contributed by atoms with Crippen LogP contribution in [0.3, 0.4) is 0 Å². The van der Waals surface area contributed by atoms with E-state index < -0.39 is 18.1 Å². The summed E-state index contributed by atoms with van der Waals surface area (Å²) in [6.45, 7) is 4.21. The van der Waals surface area contributed by atoms with Gasteiger partial charge in [0.2, 0.25) is 0 Å². The van der Waals surface area contributed by atoms with Crippen molar-refractivity contribution in [1.29, 1.82) is 0 Å². The number of rotatable bonds is 6. The number of pyridine rings is 1. The third-order valence-corrected chi connectivity index (χ3v) is 7.86. The summed E-state index contributed by atoms with van der Waals surface area (Å²) in [5, 5.41) is 6.83. The van der Waals surface area contributed by atoms with Gasteiger partial charge in [-0.2, -0.15) is 5.10 Å². The topological polar surface area (TPSA) is 107 Å². The van der Waals surface area contributed by atoms with Gasteiger partial charge in [-0.05, 0) is 74.4 Å². The number of anilines is 1. The molecule has 200 valence electrons. The highest BCUT2D eigenvalue weighted by Gasteiger charge is 2.50. The highest BCUT2D eigenvalue weighted by Crippen LogP contribution is 2.37. The number of halogens is 2. The van der Waals surface area contributed by atoms with E-state index >= 15 is 0 Å². The van der Waals surface area contributed by atoms with Crippen LogP contribution in [0.15, 0.2) is 75.2 Å². The lowest BCUT2D eigenvalue weighted by molar-refractivity contribution is -0.130. The van der Waals surface area contributed by atoms with Crippen LogP contribution in [0.4, 0.5) is 10.1 Å². The Kier molecular flexibility index (Phi) is 6.56. The van der Waals surface area contributed by atoms with Crippen LogP contribution >= 0.6 is 15.9 Å². The largest absolute Gasteiger partial charge is 0.345 e. The molecule has 2 aliphatic rings. The first kappa shape index (κ1) is 25.4. The van der Waals surface area contributed by atoms with Gasteiger partial charge in [-0.15, -0.1) is 0 Å². The zero-order valence-electron chi connectivity index (χ0n) is 21.3. The van der Waals surface area contributed by atoms with Crippen LogP contribution in [0.1, 0.15) is 25.1 Å². The van der Waals surface area contributed by atoms with Gasteiger partial charge in [0.15, 0.2) is 0 Å². The van der Waals surface area contributed by atoms with E-state index in [-0.39, 0.29) is 23.6 Å². The van der Waals surface area contributed by atoms with Crippen LogP contribution in [0, 0.1) is 11.7 Å². The normalized spacial score (nSPS) is 23.2. The van der Waals surface area contributed by atoms with Crippen LogP contribution in [-0.2, 0) is 16.0 Å². The number of fused-ring (bicyclic) bond motifs is 1. The number of hydrogen-bond acceptors (Lipinski definition) is 6. The molecular weight excluding hydrogens is 567 g/mol. The third kappa shape index (κ3) is 4.76. The van der Waals surface area contributed by atoms with Gasteiger partial charge in [0.1, 0.15) is 18.1 Å². The Bertz CT molecular complexity index is 1620. The number of aromatic amines is 2. The molecule has 2 unspecified atom stereocenters. The first-order valence-corrected chi connectivity index (χ1v) is 13.5. The van der Waals surface area contributed by atoms with Crippen molar-refractivity contribution in [1.82, 2.24) is 19.9 Å². The standard InChI is InChI=1S/C28H26BrFN6O3/c1-15-24(25(22-10-6-19(30)14-31-22)34-36(15)20-7-4-18(29)5-8-20)27-35(26(37)16(2)39-27)12-11-17-3-9-21-23(13-17)33-28(38)32-21/h3-10,13-16,24,27H,11-12H2,1-2H3,(H2,32,33,38)/t15?,16-,24?,27-/m1/s1. The Morgan fingerprint density at radius 3 is 2.54 bits per heavy atom. The van der Waals surface area contributed by atoms with Gasteiger partial charge in [0, 0.05) is 11.0 Å². The van der Waals surface area contributed by atoms with Gasteiger partial charge in [-0.25, -0.2) is 9.18 Å². The van der Waals surface area contributed by atoms with E-state index in [0.29, 0.717) is 24.4 Å². The minimum Gasteiger partial charge on any atom is -0.345 e. The van der Waals surface area contributed by atoms with Crippen LogP contribution < -0.4 is 10.7 Å². The fourth-order valence-corrected chi connectivity index (χ4v) is 5.63. The molecule has 11 heteroatoms. The second kappa shape index (κ2) is 10.0. The number of carbonyl (C=O) groups is 1. The number of benzene rings is 2. The smallest absolute Gasteiger partial charge is 0.323 e. The van der Waals surface area contributed by atoms with Gasteiger partial charge >= 0.3 is 5.69 Å². The number of amides is 1. The first-order chi connectivity index (χ1) is 18.8. The summed E-state index contributed by atoms with van der Waals surface area (Å²) in [6.07, 6.45) is 0.532. The summed E-state index contributed by atoms with van der Waals surface area (Å²) in [5.41, 5.74) is 4.22. The van der Waals surface area contributed by atoms with E-state index in [2.05, 4.69) is 30.9 Å². The average Bonchev–Trinajstić information content (AvgIpc) is 3.55. The molecule has 0 bridgehead atoms. The van der Waals surface area contributed by atoms with Crippen molar-refractivity contribution in [3.05, 3.63) is 92.8 Å². The number of nitrogens with zero attached hydrogens (tertiary/aromatic N) is 4. The molecule has 0 radical (unpaired) electrons. The van der Waals surface area contributed by atoms with E-state index in [0.717, 1.165) is 26.8 Å². The second-order valence-corrected chi connectivity index (χ2v) is 10.8. The molecule has 2 aromatic heterocycles. The lowest BCUT2D eigenvalue weighted by Gasteiger charge is -2.32. The Morgan fingerprint density at radius 2 is 1.79 bits per heavy atom. The summed E-state index contributed by atoms with van der Waals surface area (Å²) >= 11 is 3.48. The van der Waals surface area contributed by atoms with E-state index in [1.807, 2.05) is 54.4 Å². The maximum Gasteiger partial charge on any atom is 0.323 e. The van der Waals surface area contributed by atoms with Crippen LogP contribution in [0.25, 0.3) is 11.0 Å². The number of carbonyl (C=O) groups excluding carboxylic acids is 1. The molecule has 4 aromatic rings. The number of imidazole rings is 1. The summed E-state index contributed by atoms with van der Waals surface area (Å²) in [4.78, 5) is 36.6. The fourth-order valence-electron chi connectivity index (χ4n) is 5.36. The molecule has 0 aliphatic carbocycles. The Morgan fingerprint density at radius 1 is 1.03 bits per heavy atom. The number of ether oxygens (including phenoxy) is 1. The van der Waals surface area contributed by atoms with E-state index in [9.17, 15) is 14.0 Å². The van der Waals surface area contributed by atoms with Crippen molar-refractivity contribution >= 4 is 44.3 Å². The summed E-state index contributed by atoms with van der Waals surface area (Å²) in [7, 11) is 0. The summed E-state index contributed by atoms with van der Waals surface area (Å²) in [5.74, 6) is -0.879. The molecular formula is C28H26BrFN6O3. The van der Waals surface area contributed by atoms with Crippen molar-refractivity contribution in [3.8, 4) is 0 Å². The molecule has 1 amide bonds. The second-order valence-electron chi connectivity index (χ2n) is 9.84. The van der Waals surface area contributed by atoms with E-state index in [1.54, 1.807) is 17.9 Å². The third-order valence-electron chi connectivity index (χ3n) is 7.33. The molecule has 9 nitrogen and oxygen atoms in total. The van der Waals surface area contributed by atoms with Crippen molar-refractivity contribution < 1.29 is 13.9 Å². The highest BCUT2D eigenvalue weighted by molar-refractivity contribution is 9.10. The molecule has 39 heavy (non-hydrogen) atoms. The SMILES string of the molecule is CC1C([C@H]2O[C@H](C)C(=O)N2CCc2ccc3[nH]c(=O)[nH]c3c2)C(c2ccc(F)cn2)=NN1c1ccc(Br)cc1. The van der Waals surface area contributed by atoms with Crippen LogP contribution in [-0.4, -0.2) is 56.4 Å². The summed E-state index contributed by atoms with van der Waals surface area (Å²) in [6, 6.07) is 16.3. The lowest BCUT2D eigenvalue weighted by Crippen LogP contribution is -2.47. The van der Waals surface area contributed by atoms with Gasteiger partial charge in [-0.1, -0.05) is 22.0 Å². The van der Waals surface area contributed by atoms with Crippen LogP contribution in [0.5, 0.6) is 0 Å². The van der Waals surface area contributed by atoms with Gasteiger partial charge in [0.25, 0.3) is 5.91 Å². The van der Waals surface area contributed by atoms with E-state index in [1.165, 1.54) is 12.3 Å². The predicted octanol–water partition coefficient (Wildman–Crippen LogP) is 4.20. The molecule has 1 saturated heterocycles. The summed E-state index contributed by atoms with van der Waals surface area (Å²) < 4.78 is 21.0. The molecule has 2 aliphatic heterocycles. The van der Waals surface area contributed by atoms with Gasteiger partial charge in [0.05, 0.1) is 46.3 Å².